The average molecular weight is 437 g/mol. The Kier molecular flexibility index (Phi) is 7.75. The van der Waals surface area contributed by atoms with Crippen LogP contribution in [0.3, 0.4) is 0 Å². The molecule has 0 saturated heterocycles. The van der Waals surface area contributed by atoms with Crippen molar-refractivity contribution in [1.82, 2.24) is 0 Å². The van der Waals surface area contributed by atoms with Crippen molar-refractivity contribution in [1.29, 1.82) is 0 Å². The lowest BCUT2D eigenvalue weighted by molar-refractivity contribution is -0.0463. The highest BCUT2D eigenvalue weighted by Crippen LogP contribution is 2.38. The van der Waals surface area contributed by atoms with Crippen LogP contribution in [0.15, 0.2) is 75.9 Å². The second-order valence-corrected chi connectivity index (χ2v) is 9.88. The van der Waals surface area contributed by atoms with E-state index in [2.05, 4.69) is 84.0 Å². The zero-order valence-corrected chi connectivity index (χ0v) is 20.6. The zero-order valence-electron chi connectivity index (χ0n) is 20.6. The first-order valence-electron chi connectivity index (χ1n) is 12.0. The Balaban J connectivity index is 1.82. The van der Waals surface area contributed by atoms with Crippen LogP contribution in [-0.4, -0.2) is 5.92 Å². The predicted molar refractivity (Wildman–Crippen MR) is 134 cm³/mol. The van der Waals surface area contributed by atoms with Gasteiger partial charge in [-0.05, 0) is 118 Å². The molecule has 0 heterocycles. The van der Waals surface area contributed by atoms with E-state index in [0.29, 0.717) is 18.8 Å². The smallest absolute Gasteiger partial charge is 0.207 e. The first kappa shape index (κ1) is 24.4. The van der Waals surface area contributed by atoms with Gasteiger partial charge in [0.1, 0.15) is 0 Å². The molecule has 0 aromatic heterocycles. The van der Waals surface area contributed by atoms with Gasteiger partial charge in [-0.3, -0.25) is 0 Å². The first-order valence-corrected chi connectivity index (χ1v) is 12.0. The first-order chi connectivity index (χ1) is 15.1. The van der Waals surface area contributed by atoms with E-state index in [1.807, 2.05) is 0 Å². The third kappa shape index (κ3) is 5.97. The van der Waals surface area contributed by atoms with E-state index in [1.54, 1.807) is 0 Å². The van der Waals surface area contributed by atoms with E-state index >= 15 is 0 Å². The fourth-order valence-corrected chi connectivity index (χ4v) is 5.11. The Hall–Kier alpha value is -2.22. The number of aryl methyl sites for hydroxylation is 1. The van der Waals surface area contributed by atoms with Gasteiger partial charge in [-0.2, -0.15) is 0 Å². The number of hydrogen-bond acceptors (Lipinski definition) is 0. The summed E-state index contributed by atoms with van der Waals surface area (Å²) in [5.74, 6) is -2.03. The summed E-state index contributed by atoms with van der Waals surface area (Å²) >= 11 is 0. The monoisotopic (exact) mass is 436 g/mol. The highest BCUT2D eigenvalue weighted by Gasteiger charge is 2.34. The van der Waals surface area contributed by atoms with Crippen LogP contribution in [0.1, 0.15) is 84.3 Å². The summed E-state index contributed by atoms with van der Waals surface area (Å²) in [6, 6.07) is 8.71. The highest BCUT2D eigenvalue weighted by molar-refractivity contribution is 5.80. The molecule has 32 heavy (non-hydrogen) atoms. The minimum atomic E-state index is -2.44. The molecule has 0 N–H and O–H groups in total. The molecule has 0 atom stereocenters. The molecule has 2 aliphatic rings. The quantitative estimate of drug-likeness (QED) is 0.373. The van der Waals surface area contributed by atoms with Crippen LogP contribution in [0, 0.1) is 12.8 Å². The number of allylic oxidation sites excluding steroid dienone is 10. The molecule has 0 aliphatic heterocycles. The lowest BCUT2D eigenvalue weighted by atomic mass is 9.83. The van der Waals surface area contributed by atoms with Crippen molar-refractivity contribution in [2.24, 2.45) is 5.92 Å². The maximum atomic E-state index is 13.5. The van der Waals surface area contributed by atoms with Crippen LogP contribution < -0.4 is 0 Å². The molecule has 0 nitrogen and oxygen atoms in total. The van der Waals surface area contributed by atoms with Crippen molar-refractivity contribution in [2.75, 3.05) is 0 Å². The van der Waals surface area contributed by atoms with Gasteiger partial charge < -0.3 is 0 Å². The Morgan fingerprint density at radius 1 is 1.00 bits per heavy atom. The van der Waals surface area contributed by atoms with Crippen LogP contribution in [0.25, 0.3) is 5.57 Å². The molecule has 2 heteroatoms. The fourth-order valence-electron chi connectivity index (χ4n) is 5.11. The highest BCUT2D eigenvalue weighted by atomic mass is 19.3. The lowest BCUT2D eigenvalue weighted by Gasteiger charge is -2.28. The van der Waals surface area contributed by atoms with Gasteiger partial charge >= 0.3 is 0 Å². The van der Waals surface area contributed by atoms with Gasteiger partial charge in [-0.15, -0.1) is 0 Å². The number of hydrogen-bond donors (Lipinski definition) is 0. The molecule has 0 bridgehead atoms. The van der Waals surface area contributed by atoms with Gasteiger partial charge in [0.25, 0.3) is 0 Å². The average Bonchev–Trinajstić information content (AvgIpc) is 2.72. The van der Waals surface area contributed by atoms with E-state index < -0.39 is 5.92 Å². The summed E-state index contributed by atoms with van der Waals surface area (Å²) in [6.45, 7) is 13.0. The Morgan fingerprint density at radius 3 is 2.19 bits per heavy atom. The molecule has 3 rings (SSSR count). The van der Waals surface area contributed by atoms with Crippen LogP contribution in [0.2, 0.25) is 0 Å². The molecule has 0 radical (unpaired) electrons. The minimum absolute atomic E-state index is 0.0530. The molecule has 2 aliphatic carbocycles. The molecular formula is C30H38F2. The van der Waals surface area contributed by atoms with E-state index in [4.69, 9.17) is 0 Å². The predicted octanol–water partition coefficient (Wildman–Crippen LogP) is 9.54. The number of rotatable bonds is 7. The molecule has 0 unspecified atom stereocenters. The van der Waals surface area contributed by atoms with Crippen molar-refractivity contribution < 1.29 is 8.78 Å². The number of halogens is 2. The molecule has 172 valence electrons. The molecule has 1 fully saturated rings. The summed E-state index contributed by atoms with van der Waals surface area (Å²) in [4.78, 5) is 0. The lowest BCUT2D eigenvalue weighted by Crippen LogP contribution is -2.24. The van der Waals surface area contributed by atoms with Crippen molar-refractivity contribution in [3.05, 3.63) is 87.1 Å². The molecule has 1 aromatic carbocycles. The maximum Gasteiger partial charge on any atom is 0.248 e. The molecule has 1 aromatic rings. The van der Waals surface area contributed by atoms with Crippen LogP contribution in [0.5, 0.6) is 0 Å². The van der Waals surface area contributed by atoms with Crippen LogP contribution in [0.4, 0.5) is 8.78 Å². The van der Waals surface area contributed by atoms with Gasteiger partial charge in [0, 0.05) is 12.8 Å². The van der Waals surface area contributed by atoms with E-state index in [9.17, 15) is 8.78 Å². The van der Waals surface area contributed by atoms with Crippen molar-refractivity contribution in [3.63, 3.8) is 0 Å². The van der Waals surface area contributed by atoms with Crippen molar-refractivity contribution in [3.8, 4) is 0 Å². The van der Waals surface area contributed by atoms with E-state index in [-0.39, 0.29) is 12.8 Å². The summed E-state index contributed by atoms with van der Waals surface area (Å²) in [6.07, 6.45) is 10.2. The zero-order chi connectivity index (χ0) is 23.5. The SMILES string of the molecule is CC1=CC(C)=C1/C(C)=C/C(C)=C(C)/C(=C\CCC1CCC(F)(F)CC1)c1ccc(C)cc1. The fraction of sp³-hybridized carbons (Fsp3) is 0.467. The van der Waals surface area contributed by atoms with E-state index in [0.717, 1.165) is 12.8 Å². The summed E-state index contributed by atoms with van der Waals surface area (Å²) in [5.41, 5.74) is 11.7. The third-order valence-electron chi connectivity index (χ3n) is 7.17. The summed E-state index contributed by atoms with van der Waals surface area (Å²) in [5, 5.41) is 0. The molecular weight excluding hydrogens is 398 g/mol. The Bertz CT molecular complexity index is 984. The Labute approximate surface area is 193 Å². The third-order valence-corrected chi connectivity index (χ3v) is 7.17. The minimum Gasteiger partial charge on any atom is -0.207 e. The molecule has 1 saturated carbocycles. The summed E-state index contributed by atoms with van der Waals surface area (Å²) in [7, 11) is 0. The number of alkyl halides is 2. The molecule has 0 spiro atoms. The second-order valence-electron chi connectivity index (χ2n) is 9.88. The van der Waals surface area contributed by atoms with Gasteiger partial charge in [-0.25, -0.2) is 8.78 Å². The maximum absolute atomic E-state index is 13.5. The van der Waals surface area contributed by atoms with Crippen molar-refractivity contribution >= 4 is 5.57 Å². The van der Waals surface area contributed by atoms with Gasteiger partial charge in [0.05, 0.1) is 0 Å². The van der Waals surface area contributed by atoms with Gasteiger partial charge in [-0.1, -0.05) is 48.1 Å². The number of benzene rings is 1. The van der Waals surface area contributed by atoms with Crippen LogP contribution >= 0.6 is 0 Å². The topological polar surface area (TPSA) is 0 Å². The normalized spacial score (nSPS) is 20.7. The van der Waals surface area contributed by atoms with Crippen molar-refractivity contribution in [2.45, 2.75) is 86.0 Å². The second kappa shape index (κ2) is 10.1. The largest absolute Gasteiger partial charge is 0.248 e. The standard InChI is InChI=1S/C30H38F2/c1-20-10-12-27(13-11-20)28(9-7-8-26-14-16-30(31,32)17-15-26)25(6)21(2)18-22(3)29-23(4)19-24(29)5/h9-13,18-19,26H,7-8,14-17H2,1-6H3/b22-18+,25-21+,28-9+. The van der Waals surface area contributed by atoms with E-state index in [1.165, 1.54) is 50.1 Å². The van der Waals surface area contributed by atoms with Crippen LogP contribution in [-0.2, 0) is 0 Å². The van der Waals surface area contributed by atoms with Gasteiger partial charge in [0.15, 0.2) is 0 Å². The summed E-state index contributed by atoms with van der Waals surface area (Å²) < 4.78 is 27.0. The molecule has 0 amide bonds. The Morgan fingerprint density at radius 2 is 1.62 bits per heavy atom. The van der Waals surface area contributed by atoms with Gasteiger partial charge in [0.2, 0.25) is 5.92 Å².